The third-order valence-corrected chi connectivity index (χ3v) is 4.77. The number of aliphatic hydroxyl groups excluding tert-OH is 2. The van der Waals surface area contributed by atoms with E-state index in [2.05, 4.69) is 22.4 Å². The molecule has 0 aliphatic heterocycles. The first kappa shape index (κ1) is 26.8. The van der Waals surface area contributed by atoms with E-state index in [9.17, 15) is 0 Å². The molecule has 0 spiro atoms. The van der Waals surface area contributed by atoms with Crippen molar-refractivity contribution in [3.8, 4) is 10.6 Å². The van der Waals surface area contributed by atoms with E-state index in [0.29, 0.717) is 0 Å². The van der Waals surface area contributed by atoms with Crippen molar-refractivity contribution in [2.24, 2.45) is 0 Å². The molecule has 3 N–H and O–H groups in total. The van der Waals surface area contributed by atoms with Crippen LogP contribution in [0, 0.1) is 0 Å². The van der Waals surface area contributed by atoms with E-state index in [4.69, 9.17) is 21.8 Å². The van der Waals surface area contributed by atoms with Crippen molar-refractivity contribution >= 4 is 28.1 Å². The van der Waals surface area contributed by atoms with Crippen molar-refractivity contribution in [2.45, 2.75) is 72.3 Å². The quantitative estimate of drug-likeness (QED) is 0.402. The van der Waals surface area contributed by atoms with Crippen LogP contribution in [-0.2, 0) is 0 Å². The molecule has 1 aromatic carbocycles. The molecule has 1 heterocycles. The normalized spacial score (nSPS) is 11.0. The summed E-state index contributed by atoms with van der Waals surface area (Å²) in [5.74, 6) is 0. The van der Waals surface area contributed by atoms with Crippen molar-refractivity contribution in [1.82, 2.24) is 10.2 Å². The number of aliphatic hydroxyl groups is 2. The number of rotatable bonds is 10. The SMILES string of the molecule is CC.CC(O)CO.CCCCCCCCNc1nnc(-c2ccc(Cl)cc2)s1. The van der Waals surface area contributed by atoms with Gasteiger partial charge in [-0.05, 0) is 25.5 Å². The molecule has 1 unspecified atom stereocenters. The van der Waals surface area contributed by atoms with Crippen LogP contribution < -0.4 is 5.32 Å². The van der Waals surface area contributed by atoms with Crippen molar-refractivity contribution in [3.05, 3.63) is 29.3 Å². The van der Waals surface area contributed by atoms with Gasteiger partial charge in [-0.15, -0.1) is 10.2 Å². The molecule has 0 saturated carbocycles. The average Bonchev–Trinajstić information content (AvgIpc) is 3.19. The molecule has 1 aromatic heterocycles. The van der Waals surface area contributed by atoms with Gasteiger partial charge in [0, 0.05) is 17.1 Å². The van der Waals surface area contributed by atoms with E-state index < -0.39 is 6.10 Å². The molecule has 0 bridgehead atoms. The molecule has 0 radical (unpaired) electrons. The van der Waals surface area contributed by atoms with E-state index in [0.717, 1.165) is 27.3 Å². The van der Waals surface area contributed by atoms with Crippen LogP contribution in [0.5, 0.6) is 0 Å². The predicted octanol–water partition coefficient (Wildman–Crippen LogP) is 6.02. The summed E-state index contributed by atoms with van der Waals surface area (Å²) in [6.07, 6.45) is 7.27. The summed E-state index contributed by atoms with van der Waals surface area (Å²) in [7, 11) is 0. The molecule has 0 aliphatic rings. The lowest BCUT2D eigenvalue weighted by atomic mass is 10.1. The Kier molecular flexibility index (Phi) is 17.1. The lowest BCUT2D eigenvalue weighted by Gasteiger charge is -2.01. The number of aromatic nitrogens is 2. The fourth-order valence-corrected chi connectivity index (χ4v) is 3.01. The summed E-state index contributed by atoms with van der Waals surface area (Å²) < 4.78 is 0. The van der Waals surface area contributed by atoms with Crippen LogP contribution in [0.15, 0.2) is 24.3 Å². The molecule has 5 nitrogen and oxygen atoms in total. The smallest absolute Gasteiger partial charge is 0.206 e. The Morgan fingerprint density at radius 3 is 2.18 bits per heavy atom. The molecule has 1 atom stereocenters. The number of hydrogen-bond donors (Lipinski definition) is 3. The molecular weight excluding hydrogens is 394 g/mol. The minimum atomic E-state index is -0.560. The highest BCUT2D eigenvalue weighted by atomic mass is 35.5. The second kappa shape index (κ2) is 17.9. The van der Waals surface area contributed by atoms with Gasteiger partial charge in [-0.2, -0.15) is 0 Å². The van der Waals surface area contributed by atoms with Gasteiger partial charge in [0.05, 0.1) is 12.7 Å². The predicted molar refractivity (Wildman–Crippen MR) is 122 cm³/mol. The Morgan fingerprint density at radius 1 is 1.04 bits per heavy atom. The number of anilines is 1. The van der Waals surface area contributed by atoms with Crippen molar-refractivity contribution in [1.29, 1.82) is 0 Å². The number of unbranched alkanes of at least 4 members (excludes halogenated alkanes) is 5. The highest BCUT2D eigenvalue weighted by molar-refractivity contribution is 7.18. The van der Waals surface area contributed by atoms with Crippen LogP contribution in [0.2, 0.25) is 5.02 Å². The van der Waals surface area contributed by atoms with Crippen molar-refractivity contribution < 1.29 is 10.2 Å². The van der Waals surface area contributed by atoms with Crippen LogP contribution in [0.1, 0.15) is 66.2 Å². The zero-order valence-corrected chi connectivity index (χ0v) is 19.2. The second-order valence-electron chi connectivity index (χ2n) is 6.15. The molecular formula is C21H36ClN3O2S. The molecule has 2 aromatic rings. The number of nitrogens with zero attached hydrogens (tertiary/aromatic N) is 2. The zero-order valence-electron chi connectivity index (χ0n) is 17.6. The number of hydrogen-bond acceptors (Lipinski definition) is 6. The van der Waals surface area contributed by atoms with Crippen LogP contribution in [0.4, 0.5) is 5.13 Å². The molecule has 0 aliphatic carbocycles. The van der Waals surface area contributed by atoms with Gasteiger partial charge in [0.2, 0.25) is 5.13 Å². The van der Waals surface area contributed by atoms with Gasteiger partial charge in [-0.25, -0.2) is 0 Å². The maximum atomic E-state index is 8.11. The minimum absolute atomic E-state index is 0.139. The Morgan fingerprint density at radius 2 is 1.61 bits per heavy atom. The first-order chi connectivity index (χ1) is 13.6. The summed E-state index contributed by atoms with van der Waals surface area (Å²) in [5.41, 5.74) is 1.06. The Balaban J connectivity index is 0.000000906. The average molecular weight is 430 g/mol. The van der Waals surface area contributed by atoms with Gasteiger partial charge in [-0.1, -0.05) is 87.9 Å². The minimum Gasteiger partial charge on any atom is -0.394 e. The van der Waals surface area contributed by atoms with E-state index >= 15 is 0 Å². The fourth-order valence-electron chi connectivity index (χ4n) is 2.10. The molecule has 160 valence electrons. The Bertz CT molecular complexity index is 592. The lowest BCUT2D eigenvalue weighted by molar-refractivity contribution is 0.110. The molecule has 28 heavy (non-hydrogen) atoms. The van der Waals surface area contributed by atoms with Crippen LogP contribution in [-0.4, -0.2) is 39.7 Å². The van der Waals surface area contributed by atoms with E-state index in [1.807, 2.05) is 38.1 Å². The van der Waals surface area contributed by atoms with Gasteiger partial charge >= 0.3 is 0 Å². The standard InChI is InChI=1S/C16H22ClN3S.C3H8O2.C2H6/c1-2-3-4-5-6-7-12-18-16-20-19-15(21-16)13-8-10-14(17)11-9-13;1-3(5)2-4;1-2/h8-11H,2-7,12H2,1H3,(H,18,20);3-5H,2H2,1H3;1-2H3. The summed E-state index contributed by atoms with van der Waals surface area (Å²) in [6, 6.07) is 7.70. The van der Waals surface area contributed by atoms with Crippen LogP contribution in [0.25, 0.3) is 10.6 Å². The van der Waals surface area contributed by atoms with Gasteiger partial charge in [0.15, 0.2) is 0 Å². The third kappa shape index (κ3) is 13.0. The maximum absolute atomic E-state index is 8.11. The largest absolute Gasteiger partial charge is 0.394 e. The second-order valence-corrected chi connectivity index (χ2v) is 7.56. The Hall–Kier alpha value is -1.21. The molecule has 2 rings (SSSR count). The van der Waals surface area contributed by atoms with Crippen LogP contribution in [0.3, 0.4) is 0 Å². The maximum Gasteiger partial charge on any atom is 0.206 e. The zero-order chi connectivity index (χ0) is 21.2. The number of nitrogens with one attached hydrogen (secondary N) is 1. The van der Waals surface area contributed by atoms with Gasteiger partial charge < -0.3 is 15.5 Å². The summed E-state index contributed by atoms with van der Waals surface area (Å²) in [6.45, 7) is 8.61. The molecule has 7 heteroatoms. The van der Waals surface area contributed by atoms with Gasteiger partial charge in [-0.3, -0.25) is 0 Å². The molecule has 0 fully saturated rings. The monoisotopic (exact) mass is 429 g/mol. The fraction of sp³-hybridized carbons (Fsp3) is 0.619. The van der Waals surface area contributed by atoms with E-state index in [1.54, 1.807) is 11.3 Å². The topological polar surface area (TPSA) is 78.3 Å². The van der Waals surface area contributed by atoms with Crippen molar-refractivity contribution in [3.63, 3.8) is 0 Å². The third-order valence-electron chi connectivity index (χ3n) is 3.59. The summed E-state index contributed by atoms with van der Waals surface area (Å²) in [4.78, 5) is 0. The van der Waals surface area contributed by atoms with Crippen molar-refractivity contribution in [2.75, 3.05) is 18.5 Å². The van der Waals surface area contributed by atoms with Gasteiger partial charge in [0.1, 0.15) is 5.01 Å². The highest BCUT2D eigenvalue weighted by Crippen LogP contribution is 2.27. The first-order valence-electron chi connectivity index (χ1n) is 10.2. The lowest BCUT2D eigenvalue weighted by Crippen LogP contribution is -2.03. The van der Waals surface area contributed by atoms with E-state index in [-0.39, 0.29) is 6.61 Å². The molecule has 0 saturated heterocycles. The van der Waals surface area contributed by atoms with Crippen LogP contribution >= 0.6 is 22.9 Å². The number of benzene rings is 1. The number of halogens is 1. The van der Waals surface area contributed by atoms with Gasteiger partial charge in [0.25, 0.3) is 0 Å². The summed E-state index contributed by atoms with van der Waals surface area (Å²) >= 11 is 7.48. The first-order valence-corrected chi connectivity index (χ1v) is 11.4. The summed E-state index contributed by atoms with van der Waals surface area (Å²) in [5, 5.41) is 30.3. The molecule has 0 amide bonds. The highest BCUT2D eigenvalue weighted by Gasteiger charge is 2.05. The Labute approximate surface area is 179 Å². The van der Waals surface area contributed by atoms with E-state index in [1.165, 1.54) is 45.4 Å².